The van der Waals surface area contributed by atoms with Crippen molar-refractivity contribution in [1.29, 1.82) is 0 Å². The Balaban J connectivity index is 1.57. The van der Waals surface area contributed by atoms with Crippen LogP contribution in [0.2, 0.25) is 0 Å². The van der Waals surface area contributed by atoms with Crippen LogP contribution in [0, 0.1) is 0 Å². The second-order valence-electron chi connectivity index (χ2n) is 6.48. The molecule has 1 heterocycles. The number of aliphatic hydroxyl groups excluding tert-OH is 1. The highest BCUT2D eigenvalue weighted by Gasteiger charge is 2.32. The predicted octanol–water partition coefficient (Wildman–Crippen LogP) is 1.63. The molecule has 2 atom stereocenters. The lowest BCUT2D eigenvalue weighted by molar-refractivity contribution is -0.134. The van der Waals surface area contributed by atoms with Gasteiger partial charge in [0.25, 0.3) is 0 Å². The molecule has 1 aliphatic carbocycles. The predicted molar refractivity (Wildman–Crippen MR) is 86.8 cm³/mol. The third kappa shape index (κ3) is 3.18. The number of carbonyl (C=O) groups is 1. The highest BCUT2D eigenvalue weighted by molar-refractivity contribution is 5.85. The third-order valence-corrected chi connectivity index (χ3v) is 5.06. The van der Waals surface area contributed by atoms with Gasteiger partial charge in [0.2, 0.25) is 5.91 Å². The zero-order chi connectivity index (χ0) is 15.5. The van der Waals surface area contributed by atoms with Gasteiger partial charge in [-0.2, -0.15) is 0 Å². The number of β-amino-alcohol motifs (C(OH)–C–C–N with tert-alkyl or cyclic N) is 1. The van der Waals surface area contributed by atoms with Gasteiger partial charge in [0.1, 0.15) is 0 Å². The van der Waals surface area contributed by atoms with Gasteiger partial charge < -0.3 is 10.0 Å². The minimum absolute atomic E-state index is 0.0592. The van der Waals surface area contributed by atoms with Gasteiger partial charge >= 0.3 is 0 Å². The Labute approximate surface area is 132 Å². The van der Waals surface area contributed by atoms with Crippen molar-refractivity contribution in [3.63, 3.8) is 0 Å². The zero-order valence-corrected chi connectivity index (χ0v) is 13.4. The van der Waals surface area contributed by atoms with E-state index < -0.39 is 0 Å². The molecule has 3 rings (SSSR count). The number of carbonyl (C=O) groups excluding carboxylic acids is 1. The minimum Gasteiger partial charge on any atom is -0.392 e. The number of benzene rings is 1. The van der Waals surface area contributed by atoms with Crippen molar-refractivity contribution in [2.45, 2.75) is 38.2 Å². The molecular weight excluding hydrogens is 276 g/mol. The first kappa shape index (κ1) is 15.5. The lowest BCUT2D eigenvalue weighted by atomic mass is 9.99. The summed E-state index contributed by atoms with van der Waals surface area (Å²) in [7, 11) is 0. The van der Waals surface area contributed by atoms with E-state index in [1.54, 1.807) is 0 Å². The Morgan fingerprint density at radius 3 is 2.73 bits per heavy atom. The minimum atomic E-state index is -0.246. The number of aryl methyl sites for hydroxylation is 1. The van der Waals surface area contributed by atoms with Crippen LogP contribution in [-0.2, 0) is 11.2 Å². The average molecular weight is 302 g/mol. The molecule has 0 spiro atoms. The summed E-state index contributed by atoms with van der Waals surface area (Å²) < 4.78 is 0. The van der Waals surface area contributed by atoms with E-state index in [0.717, 1.165) is 52.0 Å². The van der Waals surface area contributed by atoms with Gasteiger partial charge in [-0.15, -0.1) is 0 Å². The fourth-order valence-corrected chi connectivity index (χ4v) is 3.61. The van der Waals surface area contributed by atoms with E-state index in [1.807, 2.05) is 17.9 Å². The SMILES string of the molecule is CC[C@@H](O)CN1CCN(C(=O)[C@H]2CCc3ccccc32)CC1. The van der Waals surface area contributed by atoms with Crippen LogP contribution >= 0.6 is 0 Å². The molecule has 120 valence electrons. The van der Waals surface area contributed by atoms with Crippen LogP contribution in [0.25, 0.3) is 0 Å². The molecule has 0 bridgehead atoms. The van der Waals surface area contributed by atoms with Gasteiger partial charge in [0.15, 0.2) is 0 Å². The Bertz CT molecular complexity index is 524. The molecule has 1 amide bonds. The van der Waals surface area contributed by atoms with Crippen LogP contribution in [0.4, 0.5) is 0 Å². The van der Waals surface area contributed by atoms with E-state index >= 15 is 0 Å². The molecule has 0 saturated carbocycles. The van der Waals surface area contributed by atoms with Gasteiger partial charge in [-0.3, -0.25) is 9.69 Å². The molecule has 1 saturated heterocycles. The maximum absolute atomic E-state index is 12.8. The Morgan fingerprint density at radius 1 is 1.27 bits per heavy atom. The fourth-order valence-electron chi connectivity index (χ4n) is 3.61. The Morgan fingerprint density at radius 2 is 2.00 bits per heavy atom. The van der Waals surface area contributed by atoms with Crippen LogP contribution in [0.15, 0.2) is 24.3 Å². The smallest absolute Gasteiger partial charge is 0.230 e. The highest BCUT2D eigenvalue weighted by Crippen LogP contribution is 2.34. The topological polar surface area (TPSA) is 43.8 Å². The van der Waals surface area contributed by atoms with Crippen LogP contribution in [0.5, 0.6) is 0 Å². The van der Waals surface area contributed by atoms with E-state index in [0.29, 0.717) is 5.91 Å². The molecule has 2 aliphatic rings. The maximum atomic E-state index is 12.8. The molecule has 1 aromatic carbocycles. The van der Waals surface area contributed by atoms with Crippen molar-refractivity contribution in [3.05, 3.63) is 35.4 Å². The zero-order valence-electron chi connectivity index (χ0n) is 13.4. The molecule has 4 heteroatoms. The van der Waals surface area contributed by atoms with Crippen LogP contribution < -0.4 is 0 Å². The number of fused-ring (bicyclic) bond motifs is 1. The molecule has 1 fully saturated rings. The summed E-state index contributed by atoms with van der Waals surface area (Å²) in [4.78, 5) is 17.1. The number of piperazine rings is 1. The second-order valence-corrected chi connectivity index (χ2v) is 6.48. The third-order valence-electron chi connectivity index (χ3n) is 5.06. The fraction of sp³-hybridized carbons (Fsp3) is 0.611. The molecule has 0 aromatic heterocycles. The van der Waals surface area contributed by atoms with Gasteiger partial charge in [0, 0.05) is 32.7 Å². The summed E-state index contributed by atoms with van der Waals surface area (Å²) in [6, 6.07) is 8.35. The van der Waals surface area contributed by atoms with E-state index in [9.17, 15) is 9.90 Å². The Kier molecular flexibility index (Phi) is 4.79. The summed E-state index contributed by atoms with van der Waals surface area (Å²) in [5, 5.41) is 9.74. The van der Waals surface area contributed by atoms with Crippen molar-refractivity contribution >= 4 is 5.91 Å². The number of hydrogen-bond acceptors (Lipinski definition) is 3. The van der Waals surface area contributed by atoms with Crippen LogP contribution in [-0.4, -0.2) is 59.6 Å². The summed E-state index contributed by atoms with van der Waals surface area (Å²) in [6.45, 7) is 6.04. The number of rotatable bonds is 4. The Hall–Kier alpha value is -1.39. The first-order valence-corrected chi connectivity index (χ1v) is 8.46. The van der Waals surface area contributed by atoms with E-state index in [2.05, 4.69) is 23.1 Å². The van der Waals surface area contributed by atoms with E-state index in [-0.39, 0.29) is 12.0 Å². The highest BCUT2D eigenvalue weighted by atomic mass is 16.3. The maximum Gasteiger partial charge on any atom is 0.230 e. The summed E-state index contributed by atoms with van der Waals surface area (Å²) in [5.41, 5.74) is 2.57. The van der Waals surface area contributed by atoms with Crippen molar-refractivity contribution in [2.24, 2.45) is 0 Å². The monoisotopic (exact) mass is 302 g/mol. The average Bonchev–Trinajstić information content (AvgIpc) is 2.99. The quantitative estimate of drug-likeness (QED) is 0.919. The number of nitrogens with zero attached hydrogens (tertiary/aromatic N) is 2. The van der Waals surface area contributed by atoms with E-state index in [1.165, 1.54) is 11.1 Å². The first-order chi connectivity index (χ1) is 10.7. The van der Waals surface area contributed by atoms with Gasteiger partial charge in [0.05, 0.1) is 12.0 Å². The summed E-state index contributed by atoms with van der Waals surface area (Å²) in [6.07, 6.45) is 2.52. The first-order valence-electron chi connectivity index (χ1n) is 8.46. The van der Waals surface area contributed by atoms with Gasteiger partial charge in [-0.25, -0.2) is 0 Å². The number of aliphatic hydroxyl groups is 1. The molecule has 1 aliphatic heterocycles. The molecule has 0 radical (unpaired) electrons. The van der Waals surface area contributed by atoms with Crippen molar-refractivity contribution in [1.82, 2.24) is 9.80 Å². The normalized spacial score (nSPS) is 23.4. The van der Waals surface area contributed by atoms with Gasteiger partial charge in [-0.05, 0) is 30.4 Å². The molecule has 22 heavy (non-hydrogen) atoms. The summed E-state index contributed by atoms with van der Waals surface area (Å²) in [5.74, 6) is 0.352. The summed E-state index contributed by atoms with van der Waals surface area (Å²) >= 11 is 0. The van der Waals surface area contributed by atoms with Crippen LogP contribution in [0.1, 0.15) is 36.8 Å². The van der Waals surface area contributed by atoms with Crippen molar-refractivity contribution in [3.8, 4) is 0 Å². The van der Waals surface area contributed by atoms with E-state index in [4.69, 9.17) is 0 Å². The van der Waals surface area contributed by atoms with Crippen molar-refractivity contribution < 1.29 is 9.90 Å². The number of hydrogen-bond donors (Lipinski definition) is 1. The largest absolute Gasteiger partial charge is 0.392 e. The van der Waals surface area contributed by atoms with Crippen LogP contribution in [0.3, 0.4) is 0 Å². The number of amides is 1. The lowest BCUT2D eigenvalue weighted by Crippen LogP contribution is -2.51. The molecule has 1 aromatic rings. The van der Waals surface area contributed by atoms with Gasteiger partial charge in [-0.1, -0.05) is 31.2 Å². The molecule has 1 N–H and O–H groups in total. The molecule has 4 nitrogen and oxygen atoms in total. The standard InChI is InChI=1S/C18H26N2O2/c1-2-15(21)13-19-9-11-20(12-10-19)18(22)17-8-7-14-5-3-4-6-16(14)17/h3-6,15,17,21H,2,7-13H2,1H3/t15-,17+/m1/s1. The lowest BCUT2D eigenvalue weighted by Gasteiger charge is -2.36. The second kappa shape index (κ2) is 6.80. The molecule has 0 unspecified atom stereocenters. The van der Waals surface area contributed by atoms with Crippen molar-refractivity contribution in [2.75, 3.05) is 32.7 Å². The molecular formula is C18H26N2O2.